The van der Waals surface area contributed by atoms with Crippen molar-refractivity contribution in [2.45, 2.75) is 37.3 Å². The molecule has 0 aromatic heterocycles. The van der Waals surface area contributed by atoms with Crippen LogP contribution in [0.1, 0.15) is 24.5 Å². The van der Waals surface area contributed by atoms with Gasteiger partial charge in [0.15, 0.2) is 0 Å². The number of benzene rings is 1. The van der Waals surface area contributed by atoms with Crippen molar-refractivity contribution in [1.29, 1.82) is 0 Å². The monoisotopic (exact) mass is 234 g/mol. The maximum absolute atomic E-state index is 9.98. The molecular weight excluding hydrogens is 216 g/mol. The Morgan fingerprint density at radius 3 is 2.53 bits per heavy atom. The molecule has 0 radical (unpaired) electrons. The Labute approximate surface area is 101 Å². The summed E-state index contributed by atoms with van der Waals surface area (Å²) in [5, 5.41) is 19.9. The molecule has 0 unspecified atom stereocenters. The molecule has 0 saturated carbocycles. The van der Waals surface area contributed by atoms with Crippen LogP contribution in [0.25, 0.3) is 0 Å². The Balaban J connectivity index is 2.08. The molecule has 1 aliphatic heterocycles. The SMILES string of the molecule is C=CCC[C@H]1O[C@@H](c2ccccc2)[C@@H](O)[C@@H]1O. The van der Waals surface area contributed by atoms with Gasteiger partial charge in [0.2, 0.25) is 0 Å². The zero-order valence-electron chi connectivity index (χ0n) is 9.70. The molecule has 0 amide bonds. The van der Waals surface area contributed by atoms with Crippen LogP contribution in [0, 0.1) is 0 Å². The predicted octanol–water partition coefficient (Wildman–Crippen LogP) is 1.81. The average molecular weight is 234 g/mol. The molecule has 1 fully saturated rings. The van der Waals surface area contributed by atoms with E-state index in [9.17, 15) is 10.2 Å². The van der Waals surface area contributed by atoms with Crippen molar-refractivity contribution in [2.24, 2.45) is 0 Å². The van der Waals surface area contributed by atoms with Crippen LogP contribution < -0.4 is 0 Å². The summed E-state index contributed by atoms with van der Waals surface area (Å²) in [7, 11) is 0. The van der Waals surface area contributed by atoms with Gasteiger partial charge in [-0.1, -0.05) is 36.4 Å². The van der Waals surface area contributed by atoms with Gasteiger partial charge in [-0.05, 0) is 18.4 Å². The number of aliphatic hydroxyl groups excluding tert-OH is 2. The van der Waals surface area contributed by atoms with E-state index in [4.69, 9.17) is 4.74 Å². The van der Waals surface area contributed by atoms with Crippen LogP contribution in [-0.4, -0.2) is 28.5 Å². The van der Waals surface area contributed by atoms with Crippen LogP contribution in [0.4, 0.5) is 0 Å². The minimum absolute atomic E-state index is 0.312. The summed E-state index contributed by atoms with van der Waals surface area (Å²) in [6, 6.07) is 9.51. The number of hydrogen-bond donors (Lipinski definition) is 2. The molecule has 0 aliphatic carbocycles. The van der Waals surface area contributed by atoms with Gasteiger partial charge in [-0.3, -0.25) is 0 Å². The number of hydrogen-bond acceptors (Lipinski definition) is 3. The van der Waals surface area contributed by atoms with Gasteiger partial charge in [-0.2, -0.15) is 0 Å². The first-order chi connectivity index (χ1) is 8.24. The second-order valence-electron chi connectivity index (χ2n) is 4.35. The minimum atomic E-state index is -0.854. The highest BCUT2D eigenvalue weighted by molar-refractivity contribution is 5.20. The van der Waals surface area contributed by atoms with Gasteiger partial charge in [0.25, 0.3) is 0 Å². The average Bonchev–Trinajstić information content (AvgIpc) is 2.65. The summed E-state index contributed by atoms with van der Waals surface area (Å²) in [4.78, 5) is 0. The first-order valence-electron chi connectivity index (χ1n) is 5.91. The van der Waals surface area contributed by atoms with Crippen molar-refractivity contribution in [3.63, 3.8) is 0 Å². The lowest BCUT2D eigenvalue weighted by Crippen LogP contribution is -2.30. The van der Waals surface area contributed by atoms with Crippen molar-refractivity contribution in [3.05, 3.63) is 48.6 Å². The maximum Gasteiger partial charge on any atom is 0.113 e. The molecule has 3 nitrogen and oxygen atoms in total. The van der Waals surface area contributed by atoms with Gasteiger partial charge in [-0.25, -0.2) is 0 Å². The van der Waals surface area contributed by atoms with E-state index in [0.29, 0.717) is 6.42 Å². The molecule has 1 aromatic carbocycles. The third kappa shape index (κ3) is 2.57. The largest absolute Gasteiger partial charge is 0.388 e. The first kappa shape index (κ1) is 12.3. The van der Waals surface area contributed by atoms with Crippen LogP contribution in [0.5, 0.6) is 0 Å². The summed E-state index contributed by atoms with van der Waals surface area (Å²) in [6.07, 6.45) is 0.834. The molecule has 3 heteroatoms. The lowest BCUT2D eigenvalue weighted by atomic mass is 10.0. The highest BCUT2D eigenvalue weighted by Gasteiger charge is 2.42. The standard InChI is InChI=1S/C14H18O3/c1-2-3-9-11-12(15)13(16)14(17-11)10-7-5-4-6-8-10/h2,4-8,11-16H,1,3,9H2/t11-,12-,13+,14+/m1/s1. The molecule has 0 spiro atoms. The summed E-state index contributed by atoms with van der Waals surface area (Å²) in [5.74, 6) is 0. The van der Waals surface area contributed by atoms with E-state index in [1.807, 2.05) is 30.3 Å². The highest BCUT2D eigenvalue weighted by atomic mass is 16.5. The third-order valence-electron chi connectivity index (χ3n) is 3.15. The zero-order chi connectivity index (χ0) is 12.3. The molecule has 1 heterocycles. The zero-order valence-corrected chi connectivity index (χ0v) is 9.70. The van der Waals surface area contributed by atoms with Gasteiger partial charge in [0.05, 0.1) is 6.10 Å². The first-order valence-corrected chi connectivity index (χ1v) is 5.91. The molecule has 1 aliphatic rings. The summed E-state index contributed by atoms with van der Waals surface area (Å²) in [5.41, 5.74) is 0.903. The summed E-state index contributed by atoms with van der Waals surface area (Å²) >= 11 is 0. The molecule has 1 aromatic rings. The molecule has 4 atom stereocenters. The van der Waals surface area contributed by atoms with Crippen LogP contribution in [0.15, 0.2) is 43.0 Å². The van der Waals surface area contributed by atoms with E-state index in [1.165, 1.54) is 0 Å². The van der Waals surface area contributed by atoms with Gasteiger partial charge in [-0.15, -0.1) is 6.58 Å². The van der Waals surface area contributed by atoms with E-state index in [1.54, 1.807) is 6.08 Å². The third-order valence-corrected chi connectivity index (χ3v) is 3.15. The van der Waals surface area contributed by atoms with Crippen LogP contribution >= 0.6 is 0 Å². The number of aliphatic hydroxyl groups is 2. The normalized spacial score (nSPS) is 32.6. The van der Waals surface area contributed by atoms with Crippen molar-refractivity contribution < 1.29 is 14.9 Å². The summed E-state index contributed by atoms with van der Waals surface area (Å²) < 4.78 is 5.73. The van der Waals surface area contributed by atoms with Crippen LogP contribution in [0.2, 0.25) is 0 Å². The fourth-order valence-corrected chi connectivity index (χ4v) is 2.19. The molecule has 17 heavy (non-hydrogen) atoms. The van der Waals surface area contributed by atoms with Gasteiger partial charge in [0.1, 0.15) is 18.3 Å². The van der Waals surface area contributed by atoms with Crippen molar-refractivity contribution >= 4 is 0 Å². The Morgan fingerprint density at radius 2 is 1.88 bits per heavy atom. The van der Waals surface area contributed by atoms with Crippen molar-refractivity contribution in [1.82, 2.24) is 0 Å². The van der Waals surface area contributed by atoms with E-state index in [0.717, 1.165) is 12.0 Å². The molecule has 0 bridgehead atoms. The van der Waals surface area contributed by atoms with Crippen molar-refractivity contribution in [3.8, 4) is 0 Å². The Kier molecular flexibility index (Phi) is 3.94. The molecule has 2 N–H and O–H groups in total. The van der Waals surface area contributed by atoms with E-state index < -0.39 is 18.3 Å². The lowest BCUT2D eigenvalue weighted by Gasteiger charge is -2.14. The predicted molar refractivity (Wildman–Crippen MR) is 65.5 cm³/mol. The van der Waals surface area contributed by atoms with E-state index in [-0.39, 0.29) is 6.10 Å². The van der Waals surface area contributed by atoms with Gasteiger partial charge < -0.3 is 14.9 Å². The van der Waals surface area contributed by atoms with E-state index in [2.05, 4.69) is 6.58 Å². The lowest BCUT2D eigenvalue weighted by molar-refractivity contribution is 0.00363. The highest BCUT2D eigenvalue weighted by Crippen LogP contribution is 2.35. The fourth-order valence-electron chi connectivity index (χ4n) is 2.19. The van der Waals surface area contributed by atoms with Gasteiger partial charge >= 0.3 is 0 Å². The Morgan fingerprint density at radius 1 is 1.18 bits per heavy atom. The molecular formula is C14H18O3. The second kappa shape index (κ2) is 5.45. The Hall–Kier alpha value is -1.16. The quantitative estimate of drug-likeness (QED) is 0.781. The Bertz CT molecular complexity index is 363. The van der Waals surface area contributed by atoms with E-state index >= 15 is 0 Å². The van der Waals surface area contributed by atoms with Crippen molar-refractivity contribution in [2.75, 3.05) is 0 Å². The smallest absolute Gasteiger partial charge is 0.113 e. The van der Waals surface area contributed by atoms with Crippen LogP contribution in [-0.2, 0) is 4.74 Å². The second-order valence-corrected chi connectivity index (χ2v) is 4.35. The van der Waals surface area contributed by atoms with Crippen LogP contribution in [0.3, 0.4) is 0 Å². The fraction of sp³-hybridized carbons (Fsp3) is 0.429. The maximum atomic E-state index is 9.98. The molecule has 2 rings (SSSR count). The molecule has 92 valence electrons. The number of ether oxygens (including phenoxy) is 1. The molecule has 1 saturated heterocycles. The topological polar surface area (TPSA) is 49.7 Å². The summed E-state index contributed by atoms with van der Waals surface area (Å²) in [6.45, 7) is 3.64. The number of allylic oxidation sites excluding steroid dienone is 1. The minimum Gasteiger partial charge on any atom is -0.388 e. The van der Waals surface area contributed by atoms with Gasteiger partial charge in [0, 0.05) is 0 Å². The number of rotatable bonds is 4.